The van der Waals surface area contributed by atoms with Crippen LogP contribution < -0.4 is 0 Å². The number of likely N-dealkylation sites (tertiary alicyclic amines) is 1. The van der Waals surface area contributed by atoms with Crippen LogP contribution in [0.15, 0.2) is 12.7 Å². The van der Waals surface area contributed by atoms with Crippen molar-refractivity contribution in [3.63, 3.8) is 0 Å². The molecule has 0 aliphatic carbocycles. The molecule has 1 aliphatic rings. The minimum Gasteiger partial charge on any atom is -0.465 e. The van der Waals surface area contributed by atoms with Crippen LogP contribution in [0.1, 0.15) is 27.2 Å². The van der Waals surface area contributed by atoms with Crippen molar-refractivity contribution in [2.24, 2.45) is 5.92 Å². The molecule has 1 fully saturated rings. The van der Waals surface area contributed by atoms with E-state index in [-0.39, 0.29) is 5.97 Å². The first-order chi connectivity index (χ1) is 7.07. The summed E-state index contributed by atoms with van der Waals surface area (Å²) in [5, 5.41) is 0. The molecule has 0 N–H and O–H groups in total. The van der Waals surface area contributed by atoms with E-state index in [1.807, 2.05) is 19.9 Å². The maximum atomic E-state index is 12.0. The summed E-state index contributed by atoms with van der Waals surface area (Å²) >= 11 is 0. The third kappa shape index (κ3) is 2.07. The highest BCUT2D eigenvalue weighted by molar-refractivity contribution is 5.81. The van der Waals surface area contributed by atoms with Gasteiger partial charge in [-0.3, -0.25) is 9.69 Å². The predicted octanol–water partition coefficient (Wildman–Crippen LogP) is 1.84. The van der Waals surface area contributed by atoms with E-state index >= 15 is 0 Å². The van der Waals surface area contributed by atoms with Crippen molar-refractivity contribution in [2.45, 2.75) is 32.7 Å². The van der Waals surface area contributed by atoms with E-state index in [2.05, 4.69) is 18.4 Å². The number of carbonyl (C=O) groups excluding carboxylic acids is 1. The molecule has 15 heavy (non-hydrogen) atoms. The fourth-order valence-electron chi connectivity index (χ4n) is 2.22. The summed E-state index contributed by atoms with van der Waals surface area (Å²) in [6, 6.07) is 0. The fourth-order valence-corrected chi connectivity index (χ4v) is 2.22. The minimum absolute atomic E-state index is 0.100. The molecular weight excluding hydrogens is 190 g/mol. The highest BCUT2D eigenvalue weighted by atomic mass is 16.5. The molecule has 0 amide bonds. The summed E-state index contributed by atoms with van der Waals surface area (Å²) in [5.41, 5.74) is -0.468. The summed E-state index contributed by atoms with van der Waals surface area (Å²) in [5.74, 6) is 0.244. The zero-order valence-electron chi connectivity index (χ0n) is 9.95. The van der Waals surface area contributed by atoms with Gasteiger partial charge < -0.3 is 4.74 Å². The van der Waals surface area contributed by atoms with Gasteiger partial charge in [0.05, 0.1) is 6.61 Å². The molecule has 1 heterocycles. The van der Waals surface area contributed by atoms with Gasteiger partial charge in [-0.1, -0.05) is 13.0 Å². The van der Waals surface area contributed by atoms with Gasteiger partial charge in [0.2, 0.25) is 0 Å². The van der Waals surface area contributed by atoms with Crippen LogP contribution in [0.25, 0.3) is 0 Å². The average molecular weight is 211 g/mol. The molecule has 2 atom stereocenters. The predicted molar refractivity (Wildman–Crippen MR) is 60.6 cm³/mol. The Morgan fingerprint density at radius 3 is 2.93 bits per heavy atom. The first kappa shape index (κ1) is 12.2. The average Bonchev–Trinajstić information content (AvgIpc) is 2.48. The van der Waals surface area contributed by atoms with Crippen LogP contribution in [0.3, 0.4) is 0 Å². The van der Waals surface area contributed by atoms with Crippen LogP contribution in [0.2, 0.25) is 0 Å². The molecule has 0 unspecified atom stereocenters. The molecule has 0 radical (unpaired) electrons. The lowest BCUT2D eigenvalue weighted by atomic mass is 9.88. The summed E-state index contributed by atoms with van der Waals surface area (Å²) in [4.78, 5) is 14.1. The Kier molecular flexibility index (Phi) is 3.91. The Morgan fingerprint density at radius 2 is 2.40 bits per heavy atom. The monoisotopic (exact) mass is 211 g/mol. The Balaban J connectivity index is 2.83. The number of esters is 1. The van der Waals surface area contributed by atoms with Crippen molar-refractivity contribution in [2.75, 3.05) is 19.7 Å². The molecule has 0 saturated carbocycles. The molecule has 0 aromatic rings. The van der Waals surface area contributed by atoms with E-state index in [1.54, 1.807) is 0 Å². The largest absolute Gasteiger partial charge is 0.465 e. The van der Waals surface area contributed by atoms with Crippen LogP contribution in [-0.4, -0.2) is 36.1 Å². The van der Waals surface area contributed by atoms with Crippen LogP contribution in [-0.2, 0) is 9.53 Å². The lowest BCUT2D eigenvalue weighted by molar-refractivity contribution is -0.156. The van der Waals surface area contributed by atoms with Gasteiger partial charge in [0.15, 0.2) is 0 Å². The van der Waals surface area contributed by atoms with E-state index in [4.69, 9.17) is 4.74 Å². The Bertz CT molecular complexity index is 252. The van der Waals surface area contributed by atoms with Gasteiger partial charge in [0.25, 0.3) is 0 Å². The van der Waals surface area contributed by atoms with Crippen molar-refractivity contribution < 1.29 is 9.53 Å². The Hall–Kier alpha value is -0.830. The van der Waals surface area contributed by atoms with Crippen molar-refractivity contribution in [3.8, 4) is 0 Å². The van der Waals surface area contributed by atoms with Crippen molar-refractivity contribution >= 4 is 5.97 Å². The topological polar surface area (TPSA) is 29.5 Å². The van der Waals surface area contributed by atoms with Crippen LogP contribution >= 0.6 is 0 Å². The van der Waals surface area contributed by atoms with Crippen LogP contribution in [0.4, 0.5) is 0 Å². The summed E-state index contributed by atoms with van der Waals surface area (Å²) in [7, 11) is 0. The van der Waals surface area contributed by atoms with Gasteiger partial charge in [0.1, 0.15) is 5.54 Å². The normalized spacial score (nSPS) is 31.5. The second kappa shape index (κ2) is 4.79. The fraction of sp³-hybridized carbons (Fsp3) is 0.750. The molecule has 1 aliphatic heterocycles. The van der Waals surface area contributed by atoms with E-state index < -0.39 is 5.54 Å². The SMILES string of the molecule is C=CCN1CC[C@H](C)[C@]1(C)C(=O)OCC. The van der Waals surface area contributed by atoms with Gasteiger partial charge in [-0.2, -0.15) is 0 Å². The first-order valence-corrected chi connectivity index (χ1v) is 5.60. The molecule has 0 aromatic carbocycles. The maximum absolute atomic E-state index is 12.0. The lowest BCUT2D eigenvalue weighted by Crippen LogP contribution is -2.52. The van der Waals surface area contributed by atoms with Crippen LogP contribution in [0.5, 0.6) is 0 Å². The third-order valence-electron chi connectivity index (χ3n) is 3.49. The standard InChI is InChI=1S/C12H21NO2/c1-5-8-13-9-7-10(3)12(13,4)11(14)15-6-2/h5,10H,1,6-9H2,2-4H3/t10-,12+/m0/s1. The number of hydrogen-bond acceptors (Lipinski definition) is 3. The number of ether oxygens (including phenoxy) is 1. The number of rotatable bonds is 4. The van der Waals surface area contributed by atoms with Gasteiger partial charge in [0, 0.05) is 6.54 Å². The van der Waals surface area contributed by atoms with E-state index in [1.165, 1.54) is 0 Å². The molecule has 3 heteroatoms. The quantitative estimate of drug-likeness (QED) is 0.525. The van der Waals surface area contributed by atoms with Crippen molar-refractivity contribution in [1.82, 2.24) is 4.90 Å². The highest BCUT2D eigenvalue weighted by Crippen LogP contribution is 2.35. The number of nitrogens with zero attached hydrogens (tertiary/aromatic N) is 1. The molecular formula is C12H21NO2. The lowest BCUT2D eigenvalue weighted by Gasteiger charge is -2.35. The molecule has 1 saturated heterocycles. The van der Waals surface area contributed by atoms with Gasteiger partial charge >= 0.3 is 5.97 Å². The summed E-state index contributed by atoms with van der Waals surface area (Å²) in [6.07, 6.45) is 2.89. The second-order valence-electron chi connectivity index (χ2n) is 4.29. The summed E-state index contributed by atoms with van der Waals surface area (Å²) in [6.45, 7) is 11.8. The molecule has 0 bridgehead atoms. The first-order valence-electron chi connectivity index (χ1n) is 5.60. The number of hydrogen-bond donors (Lipinski definition) is 0. The van der Waals surface area contributed by atoms with E-state index in [0.717, 1.165) is 19.5 Å². The van der Waals surface area contributed by atoms with Crippen molar-refractivity contribution in [1.29, 1.82) is 0 Å². The third-order valence-corrected chi connectivity index (χ3v) is 3.49. The van der Waals surface area contributed by atoms with Gasteiger partial charge in [-0.15, -0.1) is 6.58 Å². The smallest absolute Gasteiger partial charge is 0.326 e. The van der Waals surface area contributed by atoms with Gasteiger partial charge in [-0.25, -0.2) is 0 Å². The summed E-state index contributed by atoms with van der Waals surface area (Å²) < 4.78 is 5.16. The molecule has 0 aromatic heterocycles. The van der Waals surface area contributed by atoms with Gasteiger partial charge in [-0.05, 0) is 32.7 Å². The Labute approximate surface area is 92.1 Å². The molecule has 3 nitrogen and oxygen atoms in total. The zero-order valence-corrected chi connectivity index (χ0v) is 9.95. The van der Waals surface area contributed by atoms with E-state index in [0.29, 0.717) is 12.5 Å². The van der Waals surface area contributed by atoms with Crippen LogP contribution in [0, 0.1) is 5.92 Å². The van der Waals surface area contributed by atoms with Crippen molar-refractivity contribution in [3.05, 3.63) is 12.7 Å². The molecule has 86 valence electrons. The van der Waals surface area contributed by atoms with E-state index in [9.17, 15) is 4.79 Å². The molecule has 1 rings (SSSR count). The minimum atomic E-state index is -0.468. The number of carbonyl (C=O) groups is 1. The Morgan fingerprint density at radius 1 is 1.73 bits per heavy atom. The maximum Gasteiger partial charge on any atom is 0.326 e. The second-order valence-corrected chi connectivity index (χ2v) is 4.29. The highest BCUT2D eigenvalue weighted by Gasteiger charge is 2.49. The zero-order chi connectivity index (χ0) is 11.5. The molecule has 0 spiro atoms.